The summed E-state index contributed by atoms with van der Waals surface area (Å²) >= 11 is 0. The SMILES string of the molecule is CN=C(NCc1cccc(Cn2ccnc2C)c1)N(C)CC1CCOC1. The van der Waals surface area contributed by atoms with E-state index in [1.807, 2.05) is 26.4 Å². The van der Waals surface area contributed by atoms with Crippen LogP contribution in [0.5, 0.6) is 0 Å². The molecule has 1 aromatic carbocycles. The summed E-state index contributed by atoms with van der Waals surface area (Å²) in [5.41, 5.74) is 2.52. The van der Waals surface area contributed by atoms with Crippen molar-refractivity contribution < 1.29 is 4.74 Å². The monoisotopic (exact) mass is 355 g/mol. The maximum atomic E-state index is 5.47. The van der Waals surface area contributed by atoms with Crippen molar-refractivity contribution in [3.05, 3.63) is 53.6 Å². The quantitative estimate of drug-likeness (QED) is 0.638. The summed E-state index contributed by atoms with van der Waals surface area (Å²) in [6.45, 7) is 6.34. The summed E-state index contributed by atoms with van der Waals surface area (Å²) in [5.74, 6) is 2.56. The van der Waals surface area contributed by atoms with Gasteiger partial charge in [-0.15, -0.1) is 0 Å². The van der Waals surface area contributed by atoms with Crippen LogP contribution >= 0.6 is 0 Å². The van der Waals surface area contributed by atoms with Gasteiger partial charge in [-0.1, -0.05) is 24.3 Å². The minimum atomic E-state index is 0.597. The van der Waals surface area contributed by atoms with Crippen molar-refractivity contribution >= 4 is 5.96 Å². The highest BCUT2D eigenvalue weighted by atomic mass is 16.5. The first-order valence-electron chi connectivity index (χ1n) is 9.21. The van der Waals surface area contributed by atoms with Crippen LogP contribution in [0.15, 0.2) is 41.7 Å². The molecule has 2 heterocycles. The highest BCUT2D eigenvalue weighted by Crippen LogP contribution is 2.13. The standard InChI is InChI=1S/C20H29N5O/c1-16-22-8-9-25(16)14-18-6-4-5-17(11-18)12-23-20(21-2)24(3)13-19-7-10-26-15-19/h4-6,8-9,11,19H,7,10,12-15H2,1-3H3,(H,21,23). The van der Waals surface area contributed by atoms with E-state index in [-0.39, 0.29) is 0 Å². The molecule has 1 aromatic heterocycles. The van der Waals surface area contributed by atoms with Crippen molar-refractivity contribution in [1.29, 1.82) is 0 Å². The van der Waals surface area contributed by atoms with E-state index in [0.29, 0.717) is 5.92 Å². The normalized spacial score (nSPS) is 17.5. The first-order chi connectivity index (χ1) is 12.7. The van der Waals surface area contributed by atoms with E-state index in [1.165, 1.54) is 11.1 Å². The molecule has 1 saturated heterocycles. The Morgan fingerprint density at radius 1 is 1.42 bits per heavy atom. The third-order valence-corrected chi connectivity index (χ3v) is 4.85. The van der Waals surface area contributed by atoms with Crippen LogP contribution in [-0.4, -0.2) is 54.3 Å². The molecule has 0 bridgehead atoms. The molecule has 3 rings (SSSR count). The molecule has 1 N–H and O–H groups in total. The van der Waals surface area contributed by atoms with Crippen LogP contribution in [0.1, 0.15) is 23.4 Å². The van der Waals surface area contributed by atoms with E-state index in [0.717, 1.165) is 51.1 Å². The maximum Gasteiger partial charge on any atom is 0.193 e. The lowest BCUT2D eigenvalue weighted by Gasteiger charge is -2.24. The van der Waals surface area contributed by atoms with E-state index < -0.39 is 0 Å². The molecule has 1 unspecified atom stereocenters. The van der Waals surface area contributed by atoms with Gasteiger partial charge >= 0.3 is 0 Å². The van der Waals surface area contributed by atoms with Crippen LogP contribution in [0.3, 0.4) is 0 Å². The number of benzene rings is 1. The topological polar surface area (TPSA) is 54.7 Å². The van der Waals surface area contributed by atoms with Gasteiger partial charge in [0.15, 0.2) is 5.96 Å². The number of nitrogens with one attached hydrogen (secondary N) is 1. The molecular formula is C20H29N5O. The number of hydrogen-bond acceptors (Lipinski definition) is 3. The predicted molar refractivity (Wildman–Crippen MR) is 104 cm³/mol. The molecule has 0 spiro atoms. The van der Waals surface area contributed by atoms with E-state index in [1.54, 1.807) is 0 Å². The van der Waals surface area contributed by atoms with Crippen molar-refractivity contribution in [1.82, 2.24) is 19.8 Å². The third kappa shape index (κ3) is 4.85. The number of aliphatic imine (C=N–C) groups is 1. The Bertz CT molecular complexity index is 733. The first-order valence-corrected chi connectivity index (χ1v) is 9.21. The maximum absolute atomic E-state index is 5.47. The zero-order valence-corrected chi connectivity index (χ0v) is 16.0. The van der Waals surface area contributed by atoms with Gasteiger partial charge in [0.05, 0.1) is 6.61 Å². The van der Waals surface area contributed by atoms with Crippen LogP contribution in [0.2, 0.25) is 0 Å². The average Bonchev–Trinajstić information content (AvgIpc) is 3.28. The lowest BCUT2D eigenvalue weighted by Crippen LogP contribution is -2.41. The Kier molecular flexibility index (Phi) is 6.28. The minimum Gasteiger partial charge on any atom is -0.381 e. The molecule has 0 radical (unpaired) electrons. The van der Waals surface area contributed by atoms with Crippen molar-refractivity contribution in [2.75, 3.05) is 33.9 Å². The Morgan fingerprint density at radius 3 is 2.96 bits per heavy atom. The number of hydrogen-bond donors (Lipinski definition) is 1. The number of imidazole rings is 1. The van der Waals surface area contributed by atoms with E-state index in [9.17, 15) is 0 Å². The number of guanidine groups is 1. The predicted octanol–water partition coefficient (Wildman–Crippen LogP) is 2.28. The van der Waals surface area contributed by atoms with E-state index in [4.69, 9.17) is 4.74 Å². The van der Waals surface area contributed by atoms with Crippen LogP contribution < -0.4 is 5.32 Å². The average molecular weight is 355 g/mol. The Morgan fingerprint density at radius 2 is 2.27 bits per heavy atom. The van der Waals surface area contributed by atoms with Crippen molar-refractivity contribution in [3.63, 3.8) is 0 Å². The summed E-state index contributed by atoms with van der Waals surface area (Å²) in [6.07, 6.45) is 5.00. The Hall–Kier alpha value is -2.34. The van der Waals surface area contributed by atoms with Crippen LogP contribution in [-0.2, 0) is 17.8 Å². The highest BCUT2D eigenvalue weighted by Gasteiger charge is 2.19. The van der Waals surface area contributed by atoms with Crippen LogP contribution in [0.25, 0.3) is 0 Å². The molecule has 0 aliphatic carbocycles. The highest BCUT2D eigenvalue weighted by molar-refractivity contribution is 5.79. The number of aryl methyl sites for hydroxylation is 1. The smallest absolute Gasteiger partial charge is 0.193 e. The largest absolute Gasteiger partial charge is 0.381 e. The van der Waals surface area contributed by atoms with E-state index in [2.05, 4.69) is 56.1 Å². The molecule has 140 valence electrons. The Balaban J connectivity index is 1.56. The van der Waals surface area contributed by atoms with Crippen molar-refractivity contribution in [2.45, 2.75) is 26.4 Å². The van der Waals surface area contributed by atoms with Gasteiger partial charge in [-0.05, 0) is 24.5 Å². The second-order valence-corrected chi connectivity index (χ2v) is 6.93. The molecule has 0 saturated carbocycles. The van der Waals surface area contributed by atoms with Gasteiger partial charge in [-0.25, -0.2) is 4.98 Å². The lowest BCUT2D eigenvalue weighted by atomic mass is 10.1. The number of nitrogens with zero attached hydrogens (tertiary/aromatic N) is 4. The fraction of sp³-hybridized carbons (Fsp3) is 0.500. The summed E-state index contributed by atoms with van der Waals surface area (Å²) in [4.78, 5) is 10.9. The van der Waals surface area contributed by atoms with Crippen molar-refractivity contribution in [2.24, 2.45) is 10.9 Å². The molecule has 1 atom stereocenters. The molecule has 2 aromatic rings. The summed E-state index contributed by atoms with van der Waals surface area (Å²) < 4.78 is 7.63. The van der Waals surface area contributed by atoms with Gasteiger partial charge in [0, 0.05) is 58.6 Å². The van der Waals surface area contributed by atoms with Gasteiger partial charge in [-0.2, -0.15) is 0 Å². The second kappa shape index (κ2) is 8.85. The molecule has 6 heteroatoms. The summed E-state index contributed by atoms with van der Waals surface area (Å²) in [6, 6.07) is 8.66. The number of ether oxygens (including phenoxy) is 1. The fourth-order valence-corrected chi connectivity index (χ4v) is 3.37. The minimum absolute atomic E-state index is 0.597. The molecule has 0 amide bonds. The fourth-order valence-electron chi connectivity index (χ4n) is 3.37. The molecule has 6 nitrogen and oxygen atoms in total. The van der Waals surface area contributed by atoms with Gasteiger partial charge in [0.25, 0.3) is 0 Å². The summed E-state index contributed by atoms with van der Waals surface area (Å²) in [5, 5.41) is 3.47. The lowest BCUT2D eigenvalue weighted by molar-refractivity contribution is 0.181. The molecule has 1 aliphatic rings. The zero-order valence-electron chi connectivity index (χ0n) is 16.0. The number of rotatable bonds is 6. The van der Waals surface area contributed by atoms with Crippen molar-refractivity contribution in [3.8, 4) is 0 Å². The van der Waals surface area contributed by atoms with E-state index >= 15 is 0 Å². The zero-order chi connectivity index (χ0) is 18.4. The van der Waals surface area contributed by atoms with Gasteiger partial charge < -0.3 is 19.5 Å². The molecule has 26 heavy (non-hydrogen) atoms. The van der Waals surface area contributed by atoms with Gasteiger partial charge in [0.1, 0.15) is 5.82 Å². The molecular weight excluding hydrogens is 326 g/mol. The number of aromatic nitrogens is 2. The molecule has 1 fully saturated rings. The van der Waals surface area contributed by atoms with Crippen LogP contribution in [0.4, 0.5) is 0 Å². The Labute approximate surface area is 155 Å². The van der Waals surface area contributed by atoms with Crippen LogP contribution in [0, 0.1) is 12.8 Å². The molecule has 1 aliphatic heterocycles. The third-order valence-electron chi connectivity index (χ3n) is 4.85. The second-order valence-electron chi connectivity index (χ2n) is 6.93. The van der Waals surface area contributed by atoms with Gasteiger partial charge in [-0.3, -0.25) is 4.99 Å². The first kappa shape index (κ1) is 18.5. The van der Waals surface area contributed by atoms with Gasteiger partial charge in [0.2, 0.25) is 0 Å². The summed E-state index contributed by atoms with van der Waals surface area (Å²) in [7, 11) is 3.92.